The fraction of sp³-hybridized carbons (Fsp3) is 0. The smallest absolute Gasteiger partial charge is 0.318 e. The predicted molar refractivity (Wildman–Crippen MR) is 114 cm³/mol. The van der Waals surface area contributed by atoms with Gasteiger partial charge in [0.15, 0.2) is 5.58 Å². The minimum absolute atomic E-state index is 0.116. The molecule has 156 valence electrons. The van der Waals surface area contributed by atoms with E-state index in [9.17, 15) is 25.5 Å². The van der Waals surface area contributed by atoms with Crippen LogP contribution in [0.4, 0.5) is 11.4 Å². The minimum Gasteiger partial charge on any atom is -0.449 e. The molecular formula is C22H12N4O6. The molecule has 10 heteroatoms. The first-order chi connectivity index (χ1) is 15.5. The number of allylic oxidation sites excluding steroid dienone is 1. The zero-order chi connectivity index (χ0) is 22.7. The number of nitro groups is 2. The van der Waals surface area contributed by atoms with Crippen LogP contribution in [-0.4, -0.2) is 14.8 Å². The number of oxazole rings is 1. The van der Waals surface area contributed by atoms with Gasteiger partial charge in [0.2, 0.25) is 11.6 Å². The summed E-state index contributed by atoms with van der Waals surface area (Å²) in [6, 6.07) is 18.7. The fourth-order valence-electron chi connectivity index (χ4n) is 2.94. The molecule has 0 fully saturated rings. The number of ether oxygens (including phenoxy) is 1. The molecule has 0 atom stereocenters. The standard InChI is InChI=1S/C22H12N4O6/c23-13-15(22-24-17-6-2-4-8-20(17)32-22)11-14-5-1-3-7-19(14)31-21-10-9-16(25(27)28)12-18(21)26(29)30/h1-12H/b15-11+. The third-order valence-corrected chi connectivity index (χ3v) is 4.43. The van der Waals surface area contributed by atoms with Crippen LogP contribution in [0, 0.1) is 31.6 Å². The van der Waals surface area contributed by atoms with Crippen molar-refractivity contribution in [1.29, 1.82) is 5.26 Å². The number of rotatable bonds is 6. The summed E-state index contributed by atoms with van der Waals surface area (Å²) in [6.07, 6.45) is 1.48. The average Bonchev–Trinajstić information content (AvgIpc) is 3.22. The van der Waals surface area contributed by atoms with Crippen molar-refractivity contribution >= 4 is 34.1 Å². The van der Waals surface area contributed by atoms with E-state index >= 15 is 0 Å². The van der Waals surface area contributed by atoms with Gasteiger partial charge < -0.3 is 9.15 Å². The number of nitriles is 1. The van der Waals surface area contributed by atoms with E-state index in [1.165, 1.54) is 6.08 Å². The van der Waals surface area contributed by atoms with Gasteiger partial charge in [-0.2, -0.15) is 5.26 Å². The van der Waals surface area contributed by atoms with Crippen LogP contribution < -0.4 is 4.74 Å². The Balaban J connectivity index is 1.74. The Morgan fingerprint density at radius 2 is 1.75 bits per heavy atom. The molecular weight excluding hydrogens is 416 g/mol. The van der Waals surface area contributed by atoms with Gasteiger partial charge in [0.1, 0.15) is 22.9 Å². The number of fused-ring (bicyclic) bond motifs is 1. The van der Waals surface area contributed by atoms with Crippen molar-refractivity contribution in [2.45, 2.75) is 0 Å². The largest absolute Gasteiger partial charge is 0.449 e. The Morgan fingerprint density at radius 1 is 1.00 bits per heavy atom. The van der Waals surface area contributed by atoms with Crippen LogP contribution in [0.2, 0.25) is 0 Å². The van der Waals surface area contributed by atoms with Crippen molar-refractivity contribution < 1.29 is 19.0 Å². The quantitative estimate of drug-likeness (QED) is 0.222. The topological polar surface area (TPSA) is 145 Å². The van der Waals surface area contributed by atoms with Crippen molar-refractivity contribution in [2.75, 3.05) is 0 Å². The molecule has 0 saturated heterocycles. The lowest BCUT2D eigenvalue weighted by Crippen LogP contribution is -1.97. The molecule has 4 rings (SSSR count). The van der Waals surface area contributed by atoms with Crippen LogP contribution in [0.5, 0.6) is 11.5 Å². The Bertz CT molecular complexity index is 1400. The third-order valence-electron chi connectivity index (χ3n) is 4.43. The van der Waals surface area contributed by atoms with Crippen LogP contribution in [0.3, 0.4) is 0 Å². The van der Waals surface area contributed by atoms with E-state index in [1.807, 2.05) is 6.07 Å². The van der Waals surface area contributed by atoms with Gasteiger partial charge in [-0.1, -0.05) is 30.3 Å². The van der Waals surface area contributed by atoms with Gasteiger partial charge in [0, 0.05) is 11.6 Å². The number of hydrogen-bond donors (Lipinski definition) is 0. The van der Waals surface area contributed by atoms with Gasteiger partial charge in [-0.15, -0.1) is 0 Å². The molecule has 0 aliphatic heterocycles. The molecule has 0 aliphatic rings. The maximum absolute atomic E-state index is 11.4. The second kappa shape index (κ2) is 8.37. The Kier molecular flexibility index (Phi) is 5.29. The zero-order valence-corrected chi connectivity index (χ0v) is 16.2. The summed E-state index contributed by atoms with van der Waals surface area (Å²) in [5.41, 5.74) is 0.677. The highest BCUT2D eigenvalue weighted by molar-refractivity contribution is 5.89. The van der Waals surface area contributed by atoms with E-state index in [1.54, 1.807) is 48.5 Å². The zero-order valence-electron chi connectivity index (χ0n) is 16.2. The molecule has 0 amide bonds. The van der Waals surface area contributed by atoms with Gasteiger partial charge in [0.05, 0.1) is 15.9 Å². The molecule has 0 aliphatic carbocycles. The lowest BCUT2D eigenvalue weighted by molar-refractivity contribution is -0.394. The highest BCUT2D eigenvalue weighted by atomic mass is 16.6. The van der Waals surface area contributed by atoms with Gasteiger partial charge in [-0.05, 0) is 30.3 Å². The molecule has 10 nitrogen and oxygen atoms in total. The molecule has 3 aromatic carbocycles. The molecule has 0 radical (unpaired) electrons. The van der Waals surface area contributed by atoms with E-state index in [-0.39, 0.29) is 23.0 Å². The fourth-order valence-corrected chi connectivity index (χ4v) is 2.94. The van der Waals surface area contributed by atoms with Crippen molar-refractivity contribution in [2.24, 2.45) is 0 Å². The second-order valence-electron chi connectivity index (χ2n) is 6.46. The summed E-state index contributed by atoms with van der Waals surface area (Å²) in [5.74, 6) is 0.139. The van der Waals surface area contributed by atoms with E-state index in [4.69, 9.17) is 9.15 Å². The minimum atomic E-state index is -0.764. The molecule has 0 N–H and O–H groups in total. The van der Waals surface area contributed by atoms with Crippen LogP contribution in [0.15, 0.2) is 71.1 Å². The first kappa shape index (κ1) is 20.2. The van der Waals surface area contributed by atoms with E-state index in [0.29, 0.717) is 16.7 Å². The summed E-state index contributed by atoms with van der Waals surface area (Å²) in [7, 11) is 0. The van der Waals surface area contributed by atoms with Crippen LogP contribution in [0.1, 0.15) is 11.5 Å². The number of nitro benzene ring substituents is 2. The number of non-ortho nitro benzene ring substituents is 1. The highest BCUT2D eigenvalue weighted by Crippen LogP contribution is 2.36. The predicted octanol–water partition coefficient (Wildman–Crippen LogP) is 5.50. The number of benzene rings is 3. The summed E-state index contributed by atoms with van der Waals surface area (Å²) in [4.78, 5) is 25.1. The lowest BCUT2D eigenvalue weighted by atomic mass is 10.1. The van der Waals surface area contributed by atoms with Crippen molar-refractivity contribution in [3.8, 4) is 17.6 Å². The summed E-state index contributed by atoms with van der Waals surface area (Å²) >= 11 is 0. The maximum atomic E-state index is 11.4. The molecule has 1 heterocycles. The van der Waals surface area contributed by atoms with Gasteiger partial charge in [-0.25, -0.2) is 4.98 Å². The highest BCUT2D eigenvalue weighted by Gasteiger charge is 2.22. The number of nitrogens with zero attached hydrogens (tertiary/aromatic N) is 4. The first-order valence-electron chi connectivity index (χ1n) is 9.13. The molecule has 0 saturated carbocycles. The number of para-hydroxylation sites is 3. The molecule has 0 bridgehead atoms. The van der Waals surface area contributed by atoms with Gasteiger partial charge in [0.25, 0.3) is 5.69 Å². The van der Waals surface area contributed by atoms with Crippen LogP contribution >= 0.6 is 0 Å². The summed E-state index contributed by atoms with van der Waals surface area (Å²) in [6.45, 7) is 0. The average molecular weight is 428 g/mol. The third kappa shape index (κ3) is 3.99. The summed E-state index contributed by atoms with van der Waals surface area (Å²) < 4.78 is 11.3. The molecule has 1 aromatic heterocycles. The Hall–Kier alpha value is -5.04. The van der Waals surface area contributed by atoms with Crippen molar-refractivity contribution in [3.63, 3.8) is 0 Å². The molecule has 32 heavy (non-hydrogen) atoms. The second-order valence-corrected chi connectivity index (χ2v) is 6.46. The van der Waals surface area contributed by atoms with E-state index in [2.05, 4.69) is 4.98 Å². The van der Waals surface area contributed by atoms with Crippen LogP contribution in [-0.2, 0) is 0 Å². The SMILES string of the molecule is N#C/C(=C\c1ccccc1Oc1ccc([N+](=O)[O-])cc1[N+](=O)[O-])c1nc2ccccc2o1. The Labute approximate surface area is 179 Å². The number of aromatic nitrogens is 1. The maximum Gasteiger partial charge on any atom is 0.318 e. The summed E-state index contributed by atoms with van der Waals surface area (Å²) in [5, 5.41) is 32.0. The monoisotopic (exact) mass is 428 g/mol. The number of hydrogen-bond acceptors (Lipinski definition) is 8. The molecule has 0 spiro atoms. The van der Waals surface area contributed by atoms with Gasteiger partial charge >= 0.3 is 5.69 Å². The van der Waals surface area contributed by atoms with E-state index in [0.717, 1.165) is 18.2 Å². The normalized spacial score (nSPS) is 11.2. The van der Waals surface area contributed by atoms with E-state index < -0.39 is 21.2 Å². The lowest BCUT2D eigenvalue weighted by Gasteiger charge is -2.09. The van der Waals surface area contributed by atoms with Crippen molar-refractivity contribution in [1.82, 2.24) is 4.98 Å². The van der Waals surface area contributed by atoms with Crippen molar-refractivity contribution in [3.05, 3.63) is 98.4 Å². The first-order valence-corrected chi connectivity index (χ1v) is 9.13. The van der Waals surface area contributed by atoms with Crippen LogP contribution in [0.25, 0.3) is 22.7 Å². The van der Waals surface area contributed by atoms with Gasteiger partial charge in [-0.3, -0.25) is 20.2 Å². The molecule has 0 unspecified atom stereocenters. The Morgan fingerprint density at radius 3 is 2.47 bits per heavy atom. The molecule has 4 aromatic rings.